The van der Waals surface area contributed by atoms with Crippen molar-refractivity contribution in [3.8, 4) is 0 Å². The number of thiazole rings is 1. The van der Waals surface area contributed by atoms with Gasteiger partial charge in [-0.25, -0.2) is 9.78 Å². The summed E-state index contributed by atoms with van der Waals surface area (Å²) in [5.74, 6) is 0.374. The summed E-state index contributed by atoms with van der Waals surface area (Å²) in [4.78, 5) is 16.6. The van der Waals surface area contributed by atoms with Gasteiger partial charge in [0.05, 0.1) is 5.54 Å². The summed E-state index contributed by atoms with van der Waals surface area (Å²) in [5, 5.41) is 16.4. The second-order valence-electron chi connectivity index (χ2n) is 5.45. The van der Waals surface area contributed by atoms with Crippen LogP contribution in [0.25, 0.3) is 5.65 Å². The topological polar surface area (TPSA) is 84.2 Å². The number of anilines is 1. The second kappa shape index (κ2) is 5.38. The fourth-order valence-electron chi connectivity index (χ4n) is 2.04. The van der Waals surface area contributed by atoms with Crippen molar-refractivity contribution in [2.45, 2.75) is 26.3 Å². The van der Waals surface area contributed by atoms with Crippen LogP contribution in [-0.4, -0.2) is 25.6 Å². The fourth-order valence-corrected chi connectivity index (χ4v) is 2.92. The molecule has 3 aromatic rings. The zero-order valence-corrected chi connectivity index (χ0v) is 13.3. The van der Waals surface area contributed by atoms with Gasteiger partial charge in [-0.1, -0.05) is 6.07 Å². The molecule has 3 aromatic heterocycles. The maximum absolute atomic E-state index is 12.2. The summed E-state index contributed by atoms with van der Waals surface area (Å²) >= 11 is 1.52. The van der Waals surface area contributed by atoms with Gasteiger partial charge in [0.1, 0.15) is 5.01 Å². The van der Waals surface area contributed by atoms with Crippen LogP contribution in [0.1, 0.15) is 24.5 Å². The number of hydrogen-bond donors (Lipinski definition) is 2. The predicted octanol–water partition coefficient (Wildman–Crippen LogP) is 2.55. The lowest BCUT2D eigenvalue weighted by atomic mass is 10.1. The van der Waals surface area contributed by atoms with Crippen molar-refractivity contribution in [3.05, 3.63) is 40.5 Å². The third kappa shape index (κ3) is 2.77. The highest BCUT2D eigenvalue weighted by Gasteiger charge is 2.26. The molecule has 0 aromatic carbocycles. The van der Waals surface area contributed by atoms with Crippen LogP contribution >= 0.6 is 11.3 Å². The number of nitrogens with one attached hydrogen (secondary N) is 2. The molecule has 0 saturated carbocycles. The maximum atomic E-state index is 12.2. The average Bonchev–Trinajstić information content (AvgIpc) is 3.06. The minimum absolute atomic E-state index is 0.351. The van der Waals surface area contributed by atoms with E-state index >= 15 is 0 Å². The molecule has 0 atom stereocenters. The van der Waals surface area contributed by atoms with Gasteiger partial charge in [0, 0.05) is 17.3 Å². The van der Waals surface area contributed by atoms with E-state index in [-0.39, 0.29) is 6.03 Å². The number of carbonyl (C=O) groups is 1. The Balaban J connectivity index is 1.75. The lowest BCUT2D eigenvalue weighted by Gasteiger charge is -2.23. The quantitative estimate of drug-likeness (QED) is 0.778. The van der Waals surface area contributed by atoms with E-state index in [0.717, 1.165) is 10.7 Å². The van der Waals surface area contributed by atoms with E-state index in [1.807, 2.05) is 44.4 Å². The van der Waals surface area contributed by atoms with Crippen LogP contribution in [0, 0.1) is 6.92 Å². The molecule has 0 unspecified atom stereocenters. The molecule has 3 heterocycles. The first-order valence-corrected chi connectivity index (χ1v) is 7.65. The number of aryl methyl sites for hydroxylation is 1. The molecule has 0 spiro atoms. The number of pyridine rings is 1. The first-order chi connectivity index (χ1) is 10.5. The van der Waals surface area contributed by atoms with Gasteiger partial charge in [0.2, 0.25) is 5.95 Å². The van der Waals surface area contributed by atoms with E-state index in [1.54, 1.807) is 10.6 Å². The summed E-state index contributed by atoms with van der Waals surface area (Å²) in [6.07, 6.45) is 1.79. The van der Waals surface area contributed by atoms with Crippen LogP contribution in [-0.2, 0) is 5.54 Å². The molecule has 2 N–H and O–H groups in total. The maximum Gasteiger partial charge on any atom is 0.322 e. The molecule has 0 aliphatic carbocycles. The average molecular weight is 316 g/mol. The number of nitrogens with zero attached hydrogens (tertiary/aromatic N) is 4. The van der Waals surface area contributed by atoms with E-state index in [9.17, 15) is 4.79 Å². The molecule has 7 nitrogen and oxygen atoms in total. The molecule has 0 aliphatic heterocycles. The molecule has 2 amide bonds. The zero-order chi connectivity index (χ0) is 15.7. The standard InChI is InChI=1S/C14H16N6OS/c1-9-8-22-11(15-9)14(2,3)17-13(21)16-12-19-18-10-6-4-5-7-20(10)12/h4-8H,1-3H3,(H2,16,17,19,21). The van der Waals surface area contributed by atoms with E-state index < -0.39 is 5.54 Å². The summed E-state index contributed by atoms with van der Waals surface area (Å²) in [5.41, 5.74) is 1.05. The molecule has 3 rings (SSSR count). The SMILES string of the molecule is Cc1csc(C(C)(C)NC(=O)Nc2nnc3ccccn23)n1. The highest BCUT2D eigenvalue weighted by Crippen LogP contribution is 2.23. The smallest absolute Gasteiger partial charge is 0.322 e. The van der Waals surface area contributed by atoms with Gasteiger partial charge < -0.3 is 5.32 Å². The molecule has 0 radical (unpaired) electrons. The molecule has 0 bridgehead atoms. The molecule has 0 saturated heterocycles. The Kier molecular flexibility index (Phi) is 3.53. The van der Waals surface area contributed by atoms with Crippen LogP contribution in [0.15, 0.2) is 29.8 Å². The number of aromatic nitrogens is 4. The minimum Gasteiger partial charge on any atom is -0.326 e. The van der Waals surface area contributed by atoms with Crippen LogP contribution < -0.4 is 10.6 Å². The monoisotopic (exact) mass is 316 g/mol. The van der Waals surface area contributed by atoms with E-state index in [0.29, 0.717) is 11.6 Å². The van der Waals surface area contributed by atoms with Crippen molar-refractivity contribution >= 4 is 29.0 Å². The molecule has 0 fully saturated rings. The first kappa shape index (κ1) is 14.5. The third-order valence-electron chi connectivity index (χ3n) is 3.12. The van der Waals surface area contributed by atoms with Gasteiger partial charge in [-0.15, -0.1) is 21.5 Å². The summed E-state index contributed by atoms with van der Waals surface area (Å²) in [6.45, 7) is 5.75. The van der Waals surface area contributed by atoms with Gasteiger partial charge in [-0.2, -0.15) is 0 Å². The van der Waals surface area contributed by atoms with Crippen LogP contribution in [0.2, 0.25) is 0 Å². The van der Waals surface area contributed by atoms with Crippen molar-refractivity contribution in [2.75, 3.05) is 5.32 Å². The highest BCUT2D eigenvalue weighted by molar-refractivity contribution is 7.09. The largest absolute Gasteiger partial charge is 0.326 e. The Bertz CT molecular complexity index is 821. The Morgan fingerprint density at radius 3 is 2.86 bits per heavy atom. The molecule has 22 heavy (non-hydrogen) atoms. The van der Waals surface area contributed by atoms with Crippen LogP contribution in [0.3, 0.4) is 0 Å². The molecule has 8 heteroatoms. The summed E-state index contributed by atoms with van der Waals surface area (Å²) < 4.78 is 1.71. The van der Waals surface area contributed by atoms with Gasteiger partial charge in [0.15, 0.2) is 5.65 Å². The fraction of sp³-hybridized carbons (Fsp3) is 0.286. The lowest BCUT2D eigenvalue weighted by molar-refractivity contribution is 0.241. The Hall–Kier alpha value is -2.48. The van der Waals surface area contributed by atoms with Crippen LogP contribution in [0.4, 0.5) is 10.7 Å². The Morgan fingerprint density at radius 1 is 1.32 bits per heavy atom. The van der Waals surface area contributed by atoms with Gasteiger partial charge in [0.25, 0.3) is 0 Å². The van der Waals surface area contributed by atoms with Crippen molar-refractivity contribution in [2.24, 2.45) is 0 Å². The number of urea groups is 1. The number of amides is 2. The van der Waals surface area contributed by atoms with Crippen molar-refractivity contribution in [3.63, 3.8) is 0 Å². The van der Waals surface area contributed by atoms with E-state index in [4.69, 9.17) is 0 Å². The normalized spacial score (nSPS) is 11.6. The number of hydrogen-bond acceptors (Lipinski definition) is 5. The predicted molar refractivity (Wildman–Crippen MR) is 85.0 cm³/mol. The van der Waals surface area contributed by atoms with Crippen molar-refractivity contribution < 1.29 is 4.79 Å². The van der Waals surface area contributed by atoms with Gasteiger partial charge >= 0.3 is 6.03 Å². The minimum atomic E-state index is -0.566. The second-order valence-corrected chi connectivity index (χ2v) is 6.31. The highest BCUT2D eigenvalue weighted by atomic mass is 32.1. The van der Waals surface area contributed by atoms with Crippen molar-refractivity contribution in [1.82, 2.24) is 24.9 Å². The summed E-state index contributed by atoms with van der Waals surface area (Å²) in [6, 6.07) is 5.18. The molecule has 114 valence electrons. The lowest BCUT2D eigenvalue weighted by Crippen LogP contribution is -2.43. The number of rotatable bonds is 3. The zero-order valence-electron chi connectivity index (χ0n) is 12.5. The van der Waals surface area contributed by atoms with E-state index in [2.05, 4.69) is 25.8 Å². The summed E-state index contributed by atoms with van der Waals surface area (Å²) in [7, 11) is 0. The Labute approximate surface area is 131 Å². The number of carbonyl (C=O) groups excluding carboxylic acids is 1. The van der Waals surface area contributed by atoms with Gasteiger partial charge in [-0.3, -0.25) is 9.72 Å². The van der Waals surface area contributed by atoms with E-state index in [1.165, 1.54) is 11.3 Å². The third-order valence-corrected chi connectivity index (χ3v) is 4.40. The molecule has 0 aliphatic rings. The molecular formula is C14H16N6OS. The van der Waals surface area contributed by atoms with Crippen LogP contribution in [0.5, 0.6) is 0 Å². The number of fused-ring (bicyclic) bond motifs is 1. The first-order valence-electron chi connectivity index (χ1n) is 6.77. The Morgan fingerprint density at radius 2 is 2.14 bits per heavy atom. The van der Waals surface area contributed by atoms with Gasteiger partial charge in [-0.05, 0) is 32.9 Å². The molecular weight excluding hydrogens is 300 g/mol. The van der Waals surface area contributed by atoms with Crippen molar-refractivity contribution in [1.29, 1.82) is 0 Å².